The second-order valence-electron chi connectivity index (χ2n) is 5.37. The van der Waals surface area contributed by atoms with Gasteiger partial charge in [-0.15, -0.1) is 0 Å². The van der Waals surface area contributed by atoms with Gasteiger partial charge in [-0.2, -0.15) is 4.72 Å². The van der Waals surface area contributed by atoms with E-state index in [0.29, 0.717) is 5.69 Å². The summed E-state index contributed by atoms with van der Waals surface area (Å²) in [7, 11) is -3.82. The van der Waals surface area contributed by atoms with Crippen molar-refractivity contribution in [3.05, 3.63) is 24.3 Å². The van der Waals surface area contributed by atoms with E-state index < -0.39 is 16.1 Å². The van der Waals surface area contributed by atoms with E-state index in [1.807, 2.05) is 13.8 Å². The molecular weight excluding hydrogens is 318 g/mol. The largest absolute Gasteiger partial charge is 0.352 e. The molecule has 2 amide bonds. The number of hydrogen-bond donors (Lipinski definition) is 3. The molecule has 128 valence electrons. The highest BCUT2D eigenvalue weighted by Gasteiger charge is 2.22. The Morgan fingerprint density at radius 3 is 2.17 bits per heavy atom. The van der Waals surface area contributed by atoms with Crippen LogP contribution in [-0.2, 0) is 19.6 Å². The molecular formula is C15H23N3O4S. The number of rotatable bonds is 7. The predicted octanol–water partition coefficient (Wildman–Crippen LogP) is 1.23. The van der Waals surface area contributed by atoms with Crippen molar-refractivity contribution in [2.24, 2.45) is 0 Å². The van der Waals surface area contributed by atoms with Crippen LogP contribution >= 0.6 is 0 Å². The topological polar surface area (TPSA) is 104 Å². The maximum Gasteiger partial charge on any atom is 0.241 e. The third kappa shape index (κ3) is 5.99. The highest BCUT2D eigenvalue weighted by atomic mass is 32.2. The van der Waals surface area contributed by atoms with Gasteiger partial charge < -0.3 is 10.6 Å². The van der Waals surface area contributed by atoms with Gasteiger partial charge in [0.1, 0.15) is 0 Å². The van der Waals surface area contributed by atoms with Crippen molar-refractivity contribution in [3.8, 4) is 0 Å². The van der Waals surface area contributed by atoms with Gasteiger partial charge in [0.15, 0.2) is 0 Å². The van der Waals surface area contributed by atoms with Crippen LogP contribution in [0.3, 0.4) is 0 Å². The Hall–Kier alpha value is -1.93. The van der Waals surface area contributed by atoms with E-state index in [9.17, 15) is 18.0 Å². The molecule has 2 atom stereocenters. The zero-order valence-electron chi connectivity index (χ0n) is 13.7. The molecule has 7 nitrogen and oxygen atoms in total. The van der Waals surface area contributed by atoms with Crippen LogP contribution in [0, 0.1) is 0 Å². The first-order chi connectivity index (χ1) is 10.7. The number of hydrogen-bond acceptors (Lipinski definition) is 4. The van der Waals surface area contributed by atoms with Crippen LogP contribution in [0.4, 0.5) is 5.69 Å². The van der Waals surface area contributed by atoms with E-state index in [-0.39, 0.29) is 22.8 Å². The summed E-state index contributed by atoms with van der Waals surface area (Å²) in [5.41, 5.74) is 0.499. The Labute approximate surface area is 136 Å². The fourth-order valence-corrected chi connectivity index (χ4v) is 2.95. The minimum atomic E-state index is -3.82. The number of carbonyl (C=O) groups excluding carboxylic acids is 2. The van der Waals surface area contributed by atoms with E-state index in [1.54, 1.807) is 0 Å². The second kappa shape index (κ2) is 8.07. The molecule has 0 saturated carbocycles. The molecule has 0 heterocycles. The van der Waals surface area contributed by atoms with Crippen LogP contribution < -0.4 is 15.4 Å². The van der Waals surface area contributed by atoms with Crippen molar-refractivity contribution in [2.75, 3.05) is 5.32 Å². The first-order valence-electron chi connectivity index (χ1n) is 7.36. The molecule has 0 aliphatic heterocycles. The van der Waals surface area contributed by atoms with E-state index in [4.69, 9.17) is 0 Å². The SMILES string of the molecule is CCC(C)NC(=O)[C@H](C)NS(=O)(=O)c1ccc(NC(C)=O)cc1. The first kappa shape index (κ1) is 19.1. The number of nitrogens with one attached hydrogen (secondary N) is 3. The van der Waals surface area contributed by atoms with Gasteiger partial charge >= 0.3 is 0 Å². The van der Waals surface area contributed by atoms with Gasteiger partial charge in [0, 0.05) is 18.7 Å². The van der Waals surface area contributed by atoms with Crippen LogP contribution in [0.2, 0.25) is 0 Å². The summed E-state index contributed by atoms with van der Waals surface area (Å²) in [6.45, 7) is 6.63. The lowest BCUT2D eigenvalue weighted by Gasteiger charge is -2.17. The molecule has 0 radical (unpaired) electrons. The zero-order valence-corrected chi connectivity index (χ0v) is 14.5. The molecule has 3 N–H and O–H groups in total. The smallest absolute Gasteiger partial charge is 0.241 e. The Bertz CT molecular complexity index is 656. The number of amides is 2. The Balaban J connectivity index is 2.78. The maximum atomic E-state index is 12.3. The second-order valence-corrected chi connectivity index (χ2v) is 7.08. The summed E-state index contributed by atoms with van der Waals surface area (Å²) in [5.74, 6) is -0.619. The molecule has 1 unspecified atom stereocenters. The molecule has 1 aromatic carbocycles. The molecule has 8 heteroatoms. The minimum Gasteiger partial charge on any atom is -0.352 e. The summed E-state index contributed by atoms with van der Waals surface area (Å²) < 4.78 is 26.8. The molecule has 0 aliphatic carbocycles. The lowest BCUT2D eigenvalue weighted by Crippen LogP contribution is -2.47. The Kier molecular flexibility index (Phi) is 6.71. The summed E-state index contributed by atoms with van der Waals surface area (Å²) in [4.78, 5) is 22.9. The van der Waals surface area contributed by atoms with E-state index in [0.717, 1.165) is 6.42 Å². The monoisotopic (exact) mass is 341 g/mol. The van der Waals surface area contributed by atoms with Gasteiger partial charge in [-0.3, -0.25) is 9.59 Å². The number of sulfonamides is 1. The van der Waals surface area contributed by atoms with Crippen molar-refractivity contribution in [3.63, 3.8) is 0 Å². The molecule has 0 aliphatic rings. The molecule has 23 heavy (non-hydrogen) atoms. The molecule has 0 aromatic heterocycles. The van der Waals surface area contributed by atoms with Gasteiger partial charge in [-0.1, -0.05) is 6.92 Å². The van der Waals surface area contributed by atoms with Crippen LogP contribution in [0.15, 0.2) is 29.2 Å². The normalized spacial score (nSPS) is 13.9. The summed E-state index contributed by atoms with van der Waals surface area (Å²) >= 11 is 0. The van der Waals surface area contributed by atoms with Crippen molar-refractivity contribution >= 4 is 27.5 Å². The Morgan fingerprint density at radius 2 is 1.70 bits per heavy atom. The summed E-state index contributed by atoms with van der Waals surface area (Å²) in [6.07, 6.45) is 0.760. The van der Waals surface area contributed by atoms with Gasteiger partial charge in [0.2, 0.25) is 21.8 Å². The molecule has 0 spiro atoms. The highest BCUT2D eigenvalue weighted by Crippen LogP contribution is 2.14. The quantitative estimate of drug-likeness (QED) is 0.693. The van der Waals surface area contributed by atoms with Crippen LogP contribution in [0.25, 0.3) is 0 Å². The van der Waals surface area contributed by atoms with Gasteiger partial charge in [-0.05, 0) is 44.5 Å². The van der Waals surface area contributed by atoms with Crippen molar-refractivity contribution in [1.82, 2.24) is 10.0 Å². The van der Waals surface area contributed by atoms with Crippen molar-refractivity contribution < 1.29 is 18.0 Å². The lowest BCUT2D eigenvalue weighted by atomic mass is 10.2. The minimum absolute atomic E-state index is 0.0219. The highest BCUT2D eigenvalue weighted by molar-refractivity contribution is 7.89. The number of anilines is 1. The van der Waals surface area contributed by atoms with Crippen molar-refractivity contribution in [2.45, 2.75) is 51.1 Å². The summed E-state index contributed by atoms with van der Waals surface area (Å²) in [6, 6.07) is 4.80. The first-order valence-corrected chi connectivity index (χ1v) is 8.84. The van der Waals surface area contributed by atoms with Crippen LogP contribution in [0.1, 0.15) is 34.1 Å². The molecule has 0 bridgehead atoms. The Morgan fingerprint density at radius 1 is 1.13 bits per heavy atom. The van der Waals surface area contributed by atoms with Crippen molar-refractivity contribution in [1.29, 1.82) is 0 Å². The van der Waals surface area contributed by atoms with Gasteiger partial charge in [-0.25, -0.2) is 8.42 Å². The average Bonchev–Trinajstić information content (AvgIpc) is 2.46. The third-order valence-corrected chi connectivity index (χ3v) is 4.77. The third-order valence-electron chi connectivity index (χ3n) is 3.21. The van der Waals surface area contributed by atoms with Crippen LogP contribution in [-0.4, -0.2) is 32.3 Å². The number of benzene rings is 1. The predicted molar refractivity (Wildman–Crippen MR) is 88.4 cm³/mol. The molecule has 1 rings (SSSR count). The van der Waals surface area contributed by atoms with Crippen LogP contribution in [0.5, 0.6) is 0 Å². The van der Waals surface area contributed by atoms with E-state index >= 15 is 0 Å². The fraction of sp³-hybridized carbons (Fsp3) is 0.467. The standard InChI is InChI=1S/C15H23N3O4S/c1-5-10(2)16-15(20)11(3)18-23(21,22)14-8-6-13(7-9-14)17-12(4)19/h6-11,18H,5H2,1-4H3,(H,16,20)(H,17,19)/t10?,11-/m0/s1. The van der Waals surface area contributed by atoms with E-state index in [2.05, 4.69) is 15.4 Å². The summed E-state index contributed by atoms with van der Waals surface area (Å²) in [5, 5.41) is 5.27. The fourth-order valence-electron chi connectivity index (χ4n) is 1.74. The van der Waals surface area contributed by atoms with Gasteiger partial charge in [0.05, 0.1) is 10.9 Å². The van der Waals surface area contributed by atoms with E-state index in [1.165, 1.54) is 38.1 Å². The zero-order chi connectivity index (χ0) is 17.6. The average molecular weight is 341 g/mol. The molecule has 1 aromatic rings. The maximum absolute atomic E-state index is 12.3. The molecule has 0 fully saturated rings. The lowest BCUT2D eigenvalue weighted by molar-refractivity contribution is -0.123. The van der Waals surface area contributed by atoms with Gasteiger partial charge in [0.25, 0.3) is 0 Å². The number of carbonyl (C=O) groups is 2. The molecule has 0 saturated heterocycles.